The first-order chi connectivity index (χ1) is 11.9. The Morgan fingerprint density at radius 3 is 2.54 bits per heavy atom. The van der Waals surface area contributed by atoms with E-state index in [0.29, 0.717) is 6.04 Å². The van der Waals surface area contributed by atoms with E-state index < -0.39 is 0 Å². The van der Waals surface area contributed by atoms with Crippen molar-refractivity contribution in [3.05, 3.63) is 64.6 Å². The molecular formula is C19H15N3S2. The van der Waals surface area contributed by atoms with Crippen LogP contribution in [0.15, 0.2) is 53.5 Å². The molecule has 0 aliphatic heterocycles. The van der Waals surface area contributed by atoms with Crippen molar-refractivity contribution in [2.24, 2.45) is 0 Å². The van der Waals surface area contributed by atoms with Gasteiger partial charge in [0.05, 0.1) is 5.39 Å². The van der Waals surface area contributed by atoms with Gasteiger partial charge in [-0.3, -0.25) is 0 Å². The monoisotopic (exact) mass is 349 g/mol. The molecule has 1 aliphatic carbocycles. The highest BCUT2D eigenvalue weighted by Gasteiger charge is 2.23. The SMILES string of the molecule is c1csc(-c2csc3ncnc(NC4Cc5ccccc5C4)c23)c1. The summed E-state index contributed by atoms with van der Waals surface area (Å²) in [7, 11) is 0. The van der Waals surface area contributed by atoms with Gasteiger partial charge in [0, 0.05) is 21.9 Å². The molecule has 0 radical (unpaired) electrons. The molecule has 0 atom stereocenters. The van der Waals surface area contributed by atoms with Gasteiger partial charge in [0.25, 0.3) is 0 Å². The molecule has 0 fully saturated rings. The van der Waals surface area contributed by atoms with E-state index in [0.717, 1.165) is 28.9 Å². The Kier molecular flexibility index (Phi) is 3.35. The Hall–Kier alpha value is -2.24. The van der Waals surface area contributed by atoms with Gasteiger partial charge < -0.3 is 5.32 Å². The Balaban J connectivity index is 1.53. The fourth-order valence-corrected chi connectivity index (χ4v) is 5.18. The number of hydrogen-bond acceptors (Lipinski definition) is 5. The van der Waals surface area contributed by atoms with Crippen molar-refractivity contribution in [2.45, 2.75) is 18.9 Å². The number of nitrogens with zero attached hydrogens (tertiary/aromatic N) is 2. The maximum Gasteiger partial charge on any atom is 0.139 e. The zero-order valence-electron chi connectivity index (χ0n) is 12.9. The number of fused-ring (bicyclic) bond motifs is 2. The van der Waals surface area contributed by atoms with E-state index in [4.69, 9.17) is 0 Å². The van der Waals surface area contributed by atoms with E-state index in [1.807, 2.05) is 0 Å². The van der Waals surface area contributed by atoms with E-state index in [1.165, 1.54) is 21.6 Å². The minimum Gasteiger partial charge on any atom is -0.366 e. The van der Waals surface area contributed by atoms with E-state index >= 15 is 0 Å². The number of nitrogens with one attached hydrogen (secondary N) is 1. The van der Waals surface area contributed by atoms with Gasteiger partial charge in [-0.25, -0.2) is 9.97 Å². The summed E-state index contributed by atoms with van der Waals surface area (Å²) in [6.45, 7) is 0. The van der Waals surface area contributed by atoms with Gasteiger partial charge in [0.2, 0.25) is 0 Å². The molecule has 3 aromatic heterocycles. The fourth-order valence-electron chi connectivity index (χ4n) is 3.45. The third kappa shape index (κ3) is 2.32. The number of benzene rings is 1. The molecule has 4 aromatic rings. The van der Waals surface area contributed by atoms with Crippen molar-refractivity contribution in [1.29, 1.82) is 0 Å². The molecule has 0 amide bonds. The number of thiophene rings is 2. The summed E-state index contributed by atoms with van der Waals surface area (Å²) in [5.74, 6) is 0.961. The second-order valence-corrected chi connectivity index (χ2v) is 7.85. The summed E-state index contributed by atoms with van der Waals surface area (Å²) in [6.07, 6.45) is 3.78. The summed E-state index contributed by atoms with van der Waals surface area (Å²) in [4.78, 5) is 11.3. The first kappa shape index (κ1) is 14.1. The predicted octanol–water partition coefficient (Wildman–Crippen LogP) is 5.00. The Morgan fingerprint density at radius 2 is 1.79 bits per heavy atom. The predicted molar refractivity (Wildman–Crippen MR) is 102 cm³/mol. The van der Waals surface area contributed by atoms with Crippen molar-refractivity contribution in [2.75, 3.05) is 5.32 Å². The van der Waals surface area contributed by atoms with Crippen LogP contribution < -0.4 is 5.32 Å². The standard InChI is InChI=1S/C19H15N3S2/c1-2-5-13-9-14(8-12(13)4-1)22-18-17-15(16-6-3-7-23-16)10-24-19(17)21-11-20-18/h1-7,10-11,14H,8-9H2,(H,20,21,22). The van der Waals surface area contributed by atoms with Crippen LogP contribution in [-0.4, -0.2) is 16.0 Å². The molecular weight excluding hydrogens is 334 g/mol. The van der Waals surface area contributed by atoms with Crippen molar-refractivity contribution >= 4 is 38.7 Å². The Morgan fingerprint density at radius 1 is 0.958 bits per heavy atom. The summed E-state index contributed by atoms with van der Waals surface area (Å²) in [6, 6.07) is 13.4. The van der Waals surface area contributed by atoms with Gasteiger partial charge in [-0.15, -0.1) is 22.7 Å². The lowest BCUT2D eigenvalue weighted by Crippen LogP contribution is -2.20. The molecule has 0 saturated carbocycles. The first-order valence-corrected chi connectivity index (χ1v) is 9.74. The van der Waals surface area contributed by atoms with Crippen LogP contribution in [0, 0.1) is 0 Å². The Labute approximate surface area is 148 Å². The maximum atomic E-state index is 4.57. The molecule has 24 heavy (non-hydrogen) atoms. The summed E-state index contributed by atoms with van der Waals surface area (Å²) in [5.41, 5.74) is 4.14. The van der Waals surface area contributed by atoms with Gasteiger partial charge in [-0.1, -0.05) is 30.3 Å². The van der Waals surface area contributed by atoms with E-state index in [1.54, 1.807) is 29.0 Å². The topological polar surface area (TPSA) is 37.8 Å². The first-order valence-electron chi connectivity index (χ1n) is 7.98. The molecule has 0 bridgehead atoms. The lowest BCUT2D eigenvalue weighted by molar-refractivity contribution is 0.770. The van der Waals surface area contributed by atoms with Crippen LogP contribution in [-0.2, 0) is 12.8 Å². The van der Waals surface area contributed by atoms with Gasteiger partial charge in [-0.2, -0.15) is 0 Å². The highest BCUT2D eigenvalue weighted by molar-refractivity contribution is 7.18. The largest absolute Gasteiger partial charge is 0.366 e. The van der Waals surface area contributed by atoms with Crippen molar-refractivity contribution < 1.29 is 0 Å². The van der Waals surface area contributed by atoms with Crippen LogP contribution in [0.2, 0.25) is 0 Å². The van der Waals surface area contributed by atoms with Gasteiger partial charge in [0.15, 0.2) is 0 Å². The van der Waals surface area contributed by atoms with Crippen LogP contribution in [0.25, 0.3) is 20.7 Å². The molecule has 3 nitrogen and oxygen atoms in total. The normalized spacial score (nSPS) is 14.2. The molecule has 118 valence electrons. The summed E-state index contributed by atoms with van der Waals surface area (Å²) in [5, 5.41) is 9.14. The third-order valence-corrected chi connectivity index (χ3v) is 6.34. The molecule has 5 heteroatoms. The maximum absolute atomic E-state index is 4.57. The van der Waals surface area contributed by atoms with Crippen LogP contribution >= 0.6 is 22.7 Å². The van der Waals surface area contributed by atoms with Crippen LogP contribution in [0.1, 0.15) is 11.1 Å². The molecule has 0 spiro atoms. The number of aromatic nitrogens is 2. The average molecular weight is 349 g/mol. The van der Waals surface area contributed by atoms with Gasteiger partial charge >= 0.3 is 0 Å². The second kappa shape index (κ2) is 5.69. The van der Waals surface area contributed by atoms with E-state index in [2.05, 4.69) is 62.4 Å². The minimum absolute atomic E-state index is 0.400. The van der Waals surface area contributed by atoms with Crippen LogP contribution in [0.5, 0.6) is 0 Å². The molecule has 3 heterocycles. The number of hydrogen-bond donors (Lipinski definition) is 1. The molecule has 1 aromatic carbocycles. The average Bonchev–Trinajstić information content (AvgIpc) is 3.33. The highest BCUT2D eigenvalue weighted by atomic mass is 32.1. The quantitative estimate of drug-likeness (QED) is 0.566. The lowest BCUT2D eigenvalue weighted by atomic mass is 10.1. The fraction of sp³-hybridized carbons (Fsp3) is 0.158. The summed E-state index contributed by atoms with van der Waals surface area (Å²) < 4.78 is 0. The summed E-state index contributed by atoms with van der Waals surface area (Å²) >= 11 is 3.45. The molecule has 0 saturated heterocycles. The minimum atomic E-state index is 0.400. The smallest absolute Gasteiger partial charge is 0.139 e. The van der Waals surface area contributed by atoms with Crippen molar-refractivity contribution in [3.8, 4) is 10.4 Å². The van der Waals surface area contributed by atoms with Crippen molar-refractivity contribution in [1.82, 2.24) is 9.97 Å². The molecule has 0 unspecified atom stereocenters. The second-order valence-electron chi connectivity index (χ2n) is 6.05. The lowest BCUT2D eigenvalue weighted by Gasteiger charge is -2.14. The number of anilines is 1. The van der Waals surface area contributed by atoms with E-state index in [-0.39, 0.29) is 0 Å². The molecule has 1 N–H and O–H groups in total. The van der Waals surface area contributed by atoms with Gasteiger partial charge in [0.1, 0.15) is 17.0 Å². The van der Waals surface area contributed by atoms with Crippen LogP contribution in [0.3, 0.4) is 0 Å². The van der Waals surface area contributed by atoms with E-state index in [9.17, 15) is 0 Å². The zero-order chi connectivity index (χ0) is 15.9. The molecule has 5 rings (SSSR count). The van der Waals surface area contributed by atoms with Crippen molar-refractivity contribution in [3.63, 3.8) is 0 Å². The van der Waals surface area contributed by atoms with Gasteiger partial charge in [-0.05, 0) is 35.4 Å². The Bertz CT molecular complexity index is 980. The highest BCUT2D eigenvalue weighted by Crippen LogP contribution is 2.39. The van der Waals surface area contributed by atoms with Crippen LogP contribution in [0.4, 0.5) is 5.82 Å². The third-order valence-electron chi connectivity index (χ3n) is 4.55. The molecule has 1 aliphatic rings. The number of rotatable bonds is 3. The zero-order valence-corrected chi connectivity index (χ0v) is 14.5.